The standard InChI is InChI=1S/C31H29Br2N3O5S/c1-21-4-8-23(9-5-21)20-41-31-28(33)16-24(17-29(31)40-3)18-34-35-30(37)19-36(26-12-10-25(32)11-13-26)42(38,39)27-14-6-22(2)7-15-27/h4-18H,19-20H2,1-3H3,(H,35,37)/b34-18+. The van der Waals surface area contributed by atoms with Gasteiger partial charge < -0.3 is 9.47 Å². The molecule has 1 amide bonds. The second-order valence-electron chi connectivity index (χ2n) is 9.40. The number of nitrogens with zero attached hydrogens (tertiary/aromatic N) is 2. The van der Waals surface area contributed by atoms with Crippen molar-refractivity contribution in [1.29, 1.82) is 0 Å². The third kappa shape index (κ3) is 7.99. The zero-order chi connectivity index (χ0) is 30.3. The molecular formula is C31H29Br2N3O5S. The van der Waals surface area contributed by atoms with Gasteiger partial charge in [-0.2, -0.15) is 5.10 Å². The molecule has 0 bridgehead atoms. The molecule has 218 valence electrons. The van der Waals surface area contributed by atoms with Crippen molar-refractivity contribution in [2.24, 2.45) is 5.10 Å². The van der Waals surface area contributed by atoms with Crippen LogP contribution in [0, 0.1) is 13.8 Å². The lowest BCUT2D eigenvalue weighted by atomic mass is 10.2. The number of sulfonamides is 1. The molecular weight excluding hydrogens is 686 g/mol. The minimum Gasteiger partial charge on any atom is -0.493 e. The molecule has 1 N–H and O–H groups in total. The first-order chi connectivity index (χ1) is 20.1. The van der Waals surface area contributed by atoms with Gasteiger partial charge in [0.25, 0.3) is 15.9 Å². The average molecular weight is 715 g/mol. The number of benzene rings is 4. The molecule has 42 heavy (non-hydrogen) atoms. The lowest BCUT2D eigenvalue weighted by Crippen LogP contribution is -2.39. The number of amides is 1. The highest BCUT2D eigenvalue weighted by molar-refractivity contribution is 9.10. The highest BCUT2D eigenvalue weighted by atomic mass is 79.9. The van der Waals surface area contributed by atoms with Gasteiger partial charge in [-0.05, 0) is 89.4 Å². The third-order valence-electron chi connectivity index (χ3n) is 6.17. The topological polar surface area (TPSA) is 97.3 Å². The Bertz CT molecular complexity index is 1680. The Balaban J connectivity index is 1.48. The van der Waals surface area contributed by atoms with Crippen LogP contribution in [0.2, 0.25) is 0 Å². The van der Waals surface area contributed by atoms with Crippen LogP contribution in [0.3, 0.4) is 0 Å². The van der Waals surface area contributed by atoms with Crippen molar-refractivity contribution in [3.63, 3.8) is 0 Å². The van der Waals surface area contributed by atoms with Gasteiger partial charge in [0, 0.05) is 4.47 Å². The van der Waals surface area contributed by atoms with Gasteiger partial charge in [0.15, 0.2) is 11.5 Å². The number of hydrazone groups is 1. The Labute approximate surface area is 262 Å². The predicted octanol–water partition coefficient (Wildman–Crippen LogP) is 6.76. The maximum absolute atomic E-state index is 13.5. The summed E-state index contributed by atoms with van der Waals surface area (Å²) in [5.41, 5.74) is 6.50. The fourth-order valence-corrected chi connectivity index (χ4v) is 6.16. The molecule has 0 heterocycles. The van der Waals surface area contributed by atoms with Crippen LogP contribution in [0.25, 0.3) is 0 Å². The number of anilines is 1. The quantitative estimate of drug-likeness (QED) is 0.137. The number of methoxy groups -OCH3 is 1. The third-order valence-corrected chi connectivity index (χ3v) is 9.08. The smallest absolute Gasteiger partial charge is 0.264 e. The molecule has 0 aromatic heterocycles. The van der Waals surface area contributed by atoms with E-state index in [9.17, 15) is 13.2 Å². The summed E-state index contributed by atoms with van der Waals surface area (Å²) in [5.74, 6) is 0.398. The fraction of sp³-hybridized carbons (Fsp3) is 0.161. The molecule has 4 aromatic carbocycles. The second kappa shape index (κ2) is 14.0. The van der Waals surface area contributed by atoms with Gasteiger partial charge in [-0.15, -0.1) is 0 Å². The molecule has 0 saturated heterocycles. The lowest BCUT2D eigenvalue weighted by Gasteiger charge is -2.23. The largest absolute Gasteiger partial charge is 0.493 e. The molecule has 4 rings (SSSR count). The molecule has 0 unspecified atom stereocenters. The van der Waals surface area contributed by atoms with E-state index < -0.39 is 22.5 Å². The Kier molecular flexibility index (Phi) is 10.4. The summed E-state index contributed by atoms with van der Waals surface area (Å²) in [5, 5.41) is 4.05. The number of ether oxygens (including phenoxy) is 2. The molecule has 0 aliphatic heterocycles. The maximum atomic E-state index is 13.5. The molecule has 0 saturated carbocycles. The predicted molar refractivity (Wildman–Crippen MR) is 172 cm³/mol. The highest BCUT2D eigenvalue weighted by Gasteiger charge is 2.27. The second-order valence-corrected chi connectivity index (χ2v) is 13.0. The number of carbonyl (C=O) groups excluding carboxylic acids is 1. The molecule has 0 aliphatic rings. The van der Waals surface area contributed by atoms with Crippen LogP contribution in [0.15, 0.2) is 104 Å². The van der Waals surface area contributed by atoms with Gasteiger partial charge in [-0.1, -0.05) is 63.5 Å². The van der Waals surface area contributed by atoms with Gasteiger partial charge >= 0.3 is 0 Å². The van der Waals surface area contributed by atoms with Crippen LogP contribution < -0.4 is 19.2 Å². The van der Waals surface area contributed by atoms with Crippen molar-refractivity contribution in [2.45, 2.75) is 25.3 Å². The summed E-state index contributed by atoms with van der Waals surface area (Å²) in [6, 6.07) is 24.7. The van der Waals surface area contributed by atoms with Crippen LogP contribution in [0.4, 0.5) is 5.69 Å². The van der Waals surface area contributed by atoms with E-state index in [1.165, 1.54) is 31.0 Å². The number of hydrogen-bond donors (Lipinski definition) is 1. The summed E-state index contributed by atoms with van der Waals surface area (Å²) < 4.78 is 41.0. The molecule has 0 atom stereocenters. The molecule has 0 radical (unpaired) electrons. The van der Waals surface area contributed by atoms with Crippen molar-refractivity contribution in [1.82, 2.24) is 5.43 Å². The number of halogens is 2. The first kappa shape index (κ1) is 31.3. The van der Waals surface area contributed by atoms with E-state index in [-0.39, 0.29) is 4.90 Å². The zero-order valence-corrected chi connectivity index (χ0v) is 27.2. The van der Waals surface area contributed by atoms with Crippen LogP contribution in [0.5, 0.6) is 11.5 Å². The minimum atomic E-state index is -4.03. The van der Waals surface area contributed by atoms with Crippen molar-refractivity contribution in [2.75, 3.05) is 18.0 Å². The van der Waals surface area contributed by atoms with E-state index in [2.05, 4.69) is 42.4 Å². The van der Waals surface area contributed by atoms with Crippen LogP contribution >= 0.6 is 31.9 Å². The van der Waals surface area contributed by atoms with Gasteiger partial charge in [-0.3, -0.25) is 9.10 Å². The van der Waals surface area contributed by atoms with Crippen molar-refractivity contribution >= 4 is 59.7 Å². The van der Waals surface area contributed by atoms with Crippen molar-refractivity contribution in [3.05, 3.63) is 116 Å². The number of rotatable bonds is 11. The molecule has 8 nitrogen and oxygen atoms in total. The Hall–Kier alpha value is -3.67. The minimum absolute atomic E-state index is 0.0777. The molecule has 4 aromatic rings. The number of aryl methyl sites for hydroxylation is 2. The SMILES string of the molecule is COc1cc(/C=N/NC(=O)CN(c2ccc(Br)cc2)S(=O)(=O)c2ccc(C)cc2)cc(Br)c1OCc1ccc(C)cc1. The van der Waals surface area contributed by atoms with Crippen LogP contribution in [0.1, 0.15) is 22.3 Å². The van der Waals surface area contributed by atoms with Crippen molar-refractivity contribution < 1.29 is 22.7 Å². The molecule has 0 spiro atoms. The summed E-state index contributed by atoms with van der Waals surface area (Å²) >= 11 is 6.89. The van der Waals surface area contributed by atoms with E-state index in [1.54, 1.807) is 48.5 Å². The number of carbonyl (C=O) groups is 1. The van der Waals surface area contributed by atoms with Gasteiger partial charge in [0.1, 0.15) is 13.2 Å². The highest BCUT2D eigenvalue weighted by Crippen LogP contribution is 2.37. The summed E-state index contributed by atoms with van der Waals surface area (Å²) in [7, 11) is -2.50. The molecule has 11 heteroatoms. The zero-order valence-electron chi connectivity index (χ0n) is 23.2. The fourth-order valence-electron chi connectivity index (χ4n) is 3.90. The summed E-state index contributed by atoms with van der Waals surface area (Å²) in [6.45, 7) is 3.78. The van der Waals surface area contributed by atoms with Crippen molar-refractivity contribution in [3.8, 4) is 11.5 Å². The summed E-state index contributed by atoms with van der Waals surface area (Å²) in [6.07, 6.45) is 1.44. The Morgan fingerprint density at radius 3 is 2.17 bits per heavy atom. The van der Waals surface area contributed by atoms with E-state index in [0.29, 0.717) is 33.8 Å². The average Bonchev–Trinajstić information content (AvgIpc) is 2.96. The van der Waals surface area contributed by atoms with Gasteiger partial charge in [0.2, 0.25) is 0 Å². The monoisotopic (exact) mass is 713 g/mol. The molecule has 0 fully saturated rings. The van der Waals surface area contributed by atoms with E-state index in [1.807, 2.05) is 38.1 Å². The Morgan fingerprint density at radius 2 is 1.55 bits per heavy atom. The van der Waals surface area contributed by atoms with Gasteiger partial charge in [0.05, 0.1) is 28.4 Å². The number of nitrogens with one attached hydrogen (secondary N) is 1. The van der Waals surface area contributed by atoms with Crippen LogP contribution in [-0.2, 0) is 21.4 Å². The van der Waals surface area contributed by atoms with E-state index >= 15 is 0 Å². The van der Waals surface area contributed by atoms with Gasteiger partial charge in [-0.25, -0.2) is 13.8 Å². The molecule has 0 aliphatic carbocycles. The Morgan fingerprint density at radius 1 is 0.929 bits per heavy atom. The first-order valence-corrected chi connectivity index (χ1v) is 15.8. The van der Waals surface area contributed by atoms with E-state index in [4.69, 9.17) is 9.47 Å². The van der Waals surface area contributed by atoms with Crippen LogP contribution in [-0.4, -0.2) is 34.2 Å². The number of hydrogen-bond acceptors (Lipinski definition) is 6. The van der Waals surface area contributed by atoms with E-state index in [0.717, 1.165) is 19.9 Å². The summed E-state index contributed by atoms with van der Waals surface area (Å²) in [4.78, 5) is 13.0. The maximum Gasteiger partial charge on any atom is 0.264 e. The first-order valence-electron chi connectivity index (χ1n) is 12.8. The lowest BCUT2D eigenvalue weighted by molar-refractivity contribution is -0.119. The normalized spacial score (nSPS) is 11.4.